The van der Waals surface area contributed by atoms with E-state index >= 15 is 0 Å². The highest BCUT2D eigenvalue weighted by Crippen LogP contribution is 2.22. The summed E-state index contributed by atoms with van der Waals surface area (Å²) < 4.78 is 10.4. The molecule has 0 saturated carbocycles. The molecule has 1 atom stereocenters. The SMILES string of the molecule is CCCCCCCCCCCCCCCCCOC(=O)CC(=O)OC(C)C(C)(C)C. The van der Waals surface area contributed by atoms with Crippen LogP contribution in [0.3, 0.4) is 0 Å². The predicted molar refractivity (Wildman–Crippen MR) is 126 cm³/mol. The molecular weight excluding hydrogens is 376 g/mol. The van der Waals surface area contributed by atoms with E-state index in [0.29, 0.717) is 6.61 Å². The van der Waals surface area contributed by atoms with Crippen LogP contribution in [-0.2, 0) is 19.1 Å². The van der Waals surface area contributed by atoms with E-state index in [9.17, 15) is 9.59 Å². The smallest absolute Gasteiger partial charge is 0.317 e. The second kappa shape index (κ2) is 18.7. The zero-order valence-electron chi connectivity index (χ0n) is 20.7. The molecule has 0 aliphatic heterocycles. The van der Waals surface area contributed by atoms with E-state index in [-0.39, 0.29) is 17.9 Å². The van der Waals surface area contributed by atoms with Crippen molar-refractivity contribution in [2.24, 2.45) is 5.41 Å². The standard InChI is InChI=1S/C26H50O4/c1-6-7-8-9-10-11-12-13-14-15-16-17-18-19-20-21-29-24(27)22-25(28)30-23(2)26(3,4)5/h23H,6-22H2,1-5H3. The third-order valence-electron chi connectivity index (χ3n) is 5.83. The Bertz CT molecular complexity index is 425. The predicted octanol–water partition coefficient (Wildman–Crippen LogP) is 7.77. The van der Waals surface area contributed by atoms with Crippen molar-refractivity contribution in [2.45, 2.75) is 143 Å². The summed E-state index contributed by atoms with van der Waals surface area (Å²) in [5, 5.41) is 0. The van der Waals surface area contributed by atoms with Crippen LogP contribution in [0.2, 0.25) is 0 Å². The molecular formula is C26H50O4. The highest BCUT2D eigenvalue weighted by Gasteiger charge is 2.24. The molecule has 0 aliphatic rings. The minimum atomic E-state index is -0.501. The number of esters is 2. The van der Waals surface area contributed by atoms with Crippen LogP contribution in [0.25, 0.3) is 0 Å². The van der Waals surface area contributed by atoms with Crippen LogP contribution in [0, 0.1) is 5.41 Å². The number of unbranched alkanes of at least 4 members (excludes halogenated alkanes) is 14. The largest absolute Gasteiger partial charge is 0.465 e. The maximum Gasteiger partial charge on any atom is 0.317 e. The fraction of sp³-hybridized carbons (Fsp3) is 0.923. The minimum absolute atomic E-state index is 0.131. The topological polar surface area (TPSA) is 52.6 Å². The first-order valence-corrected chi connectivity index (χ1v) is 12.6. The summed E-state index contributed by atoms with van der Waals surface area (Å²) in [5.41, 5.74) is -0.131. The van der Waals surface area contributed by atoms with E-state index in [2.05, 4.69) is 6.92 Å². The second-order valence-corrected chi connectivity index (χ2v) is 9.85. The van der Waals surface area contributed by atoms with Gasteiger partial charge in [0.15, 0.2) is 0 Å². The average Bonchev–Trinajstić information content (AvgIpc) is 2.66. The Kier molecular flexibility index (Phi) is 18.0. The summed E-state index contributed by atoms with van der Waals surface area (Å²) in [7, 11) is 0. The van der Waals surface area contributed by atoms with Crippen molar-refractivity contribution in [3.05, 3.63) is 0 Å². The molecule has 4 heteroatoms. The van der Waals surface area contributed by atoms with Crippen LogP contribution in [0.5, 0.6) is 0 Å². The maximum absolute atomic E-state index is 11.8. The Balaban J connectivity index is 3.37. The van der Waals surface area contributed by atoms with Gasteiger partial charge in [0.1, 0.15) is 12.5 Å². The van der Waals surface area contributed by atoms with Crippen LogP contribution >= 0.6 is 0 Å². The maximum atomic E-state index is 11.8. The normalized spacial score (nSPS) is 12.6. The Morgan fingerprint density at radius 2 is 1.07 bits per heavy atom. The lowest BCUT2D eigenvalue weighted by molar-refractivity contribution is -0.160. The summed E-state index contributed by atoms with van der Waals surface area (Å²) in [6.45, 7) is 10.5. The van der Waals surface area contributed by atoms with Crippen LogP contribution < -0.4 is 0 Å². The third-order valence-corrected chi connectivity index (χ3v) is 5.83. The molecule has 30 heavy (non-hydrogen) atoms. The summed E-state index contributed by atoms with van der Waals surface area (Å²) >= 11 is 0. The molecule has 0 heterocycles. The molecule has 0 spiro atoms. The molecule has 0 aromatic rings. The number of ether oxygens (including phenoxy) is 2. The molecule has 0 aromatic carbocycles. The summed E-state index contributed by atoms with van der Waals surface area (Å²) in [4.78, 5) is 23.5. The molecule has 4 nitrogen and oxygen atoms in total. The van der Waals surface area contributed by atoms with Gasteiger partial charge in [-0.2, -0.15) is 0 Å². The van der Waals surface area contributed by atoms with Gasteiger partial charge < -0.3 is 9.47 Å². The summed E-state index contributed by atoms with van der Waals surface area (Å²) in [5.74, 6) is -0.981. The van der Waals surface area contributed by atoms with E-state index < -0.39 is 11.9 Å². The van der Waals surface area contributed by atoms with Crippen molar-refractivity contribution in [3.8, 4) is 0 Å². The molecule has 1 unspecified atom stereocenters. The Morgan fingerprint density at radius 3 is 1.47 bits per heavy atom. The van der Waals surface area contributed by atoms with Crippen molar-refractivity contribution >= 4 is 11.9 Å². The molecule has 0 saturated heterocycles. The van der Waals surface area contributed by atoms with Crippen LogP contribution in [0.4, 0.5) is 0 Å². The van der Waals surface area contributed by atoms with Gasteiger partial charge in [-0.05, 0) is 18.8 Å². The highest BCUT2D eigenvalue weighted by molar-refractivity contribution is 5.91. The van der Waals surface area contributed by atoms with Gasteiger partial charge in [-0.25, -0.2) is 0 Å². The molecule has 0 bridgehead atoms. The van der Waals surface area contributed by atoms with Gasteiger partial charge in [-0.1, -0.05) is 118 Å². The number of hydrogen-bond acceptors (Lipinski definition) is 4. The van der Waals surface area contributed by atoms with E-state index in [1.54, 1.807) is 0 Å². The summed E-state index contributed by atoms with van der Waals surface area (Å²) in [6.07, 6.45) is 19.1. The monoisotopic (exact) mass is 426 g/mol. The number of hydrogen-bond donors (Lipinski definition) is 0. The summed E-state index contributed by atoms with van der Waals surface area (Å²) in [6, 6.07) is 0. The fourth-order valence-corrected chi connectivity index (χ4v) is 3.24. The second-order valence-electron chi connectivity index (χ2n) is 9.85. The Hall–Kier alpha value is -1.06. The molecule has 0 aromatic heterocycles. The Labute approximate surface area is 186 Å². The molecule has 0 radical (unpaired) electrons. The molecule has 0 rings (SSSR count). The minimum Gasteiger partial charge on any atom is -0.465 e. The van der Waals surface area contributed by atoms with Crippen molar-refractivity contribution in [1.82, 2.24) is 0 Å². The van der Waals surface area contributed by atoms with E-state index in [1.165, 1.54) is 83.5 Å². The third kappa shape index (κ3) is 18.9. The van der Waals surface area contributed by atoms with Gasteiger partial charge in [-0.3, -0.25) is 9.59 Å². The van der Waals surface area contributed by atoms with Crippen molar-refractivity contribution in [3.63, 3.8) is 0 Å². The van der Waals surface area contributed by atoms with Crippen LogP contribution in [-0.4, -0.2) is 24.6 Å². The van der Waals surface area contributed by atoms with Crippen molar-refractivity contribution in [2.75, 3.05) is 6.61 Å². The lowest BCUT2D eigenvalue weighted by Crippen LogP contribution is -2.29. The van der Waals surface area contributed by atoms with Crippen LogP contribution in [0.1, 0.15) is 137 Å². The lowest BCUT2D eigenvalue weighted by atomic mass is 9.90. The van der Waals surface area contributed by atoms with E-state index in [1.807, 2.05) is 27.7 Å². The van der Waals surface area contributed by atoms with Gasteiger partial charge in [0, 0.05) is 0 Å². The molecule has 178 valence electrons. The Morgan fingerprint density at radius 1 is 0.667 bits per heavy atom. The van der Waals surface area contributed by atoms with Crippen molar-refractivity contribution < 1.29 is 19.1 Å². The highest BCUT2D eigenvalue weighted by atomic mass is 16.6. The average molecular weight is 427 g/mol. The zero-order valence-corrected chi connectivity index (χ0v) is 20.7. The van der Waals surface area contributed by atoms with Gasteiger partial charge in [0.2, 0.25) is 0 Å². The fourth-order valence-electron chi connectivity index (χ4n) is 3.24. The first-order valence-electron chi connectivity index (χ1n) is 12.6. The van der Waals surface area contributed by atoms with Gasteiger partial charge in [0.05, 0.1) is 6.61 Å². The van der Waals surface area contributed by atoms with Gasteiger partial charge in [-0.15, -0.1) is 0 Å². The first kappa shape index (κ1) is 28.9. The van der Waals surface area contributed by atoms with Gasteiger partial charge >= 0.3 is 11.9 Å². The van der Waals surface area contributed by atoms with Crippen molar-refractivity contribution in [1.29, 1.82) is 0 Å². The van der Waals surface area contributed by atoms with E-state index in [0.717, 1.165) is 12.8 Å². The first-order chi connectivity index (χ1) is 14.3. The zero-order chi connectivity index (χ0) is 22.7. The molecule has 0 fully saturated rings. The number of carbonyl (C=O) groups excluding carboxylic acids is 2. The van der Waals surface area contributed by atoms with Gasteiger partial charge in [0.25, 0.3) is 0 Å². The molecule has 0 N–H and O–H groups in total. The molecule has 0 aliphatic carbocycles. The van der Waals surface area contributed by atoms with Crippen LogP contribution in [0.15, 0.2) is 0 Å². The molecule has 0 amide bonds. The quantitative estimate of drug-likeness (QED) is 0.120. The number of rotatable bonds is 19. The van der Waals surface area contributed by atoms with E-state index in [4.69, 9.17) is 9.47 Å². The number of carbonyl (C=O) groups is 2. The lowest BCUT2D eigenvalue weighted by Gasteiger charge is -2.26.